The topological polar surface area (TPSA) is 75.3 Å². The second-order valence-corrected chi connectivity index (χ2v) is 18.3. The summed E-state index contributed by atoms with van der Waals surface area (Å²) >= 11 is 0. The summed E-state index contributed by atoms with van der Waals surface area (Å²) in [6.07, 6.45) is 16.1. The molecule has 0 bridgehead atoms. The van der Waals surface area contributed by atoms with Gasteiger partial charge < -0.3 is 5.32 Å². The van der Waals surface area contributed by atoms with Crippen LogP contribution in [0, 0.1) is 0 Å². The second-order valence-electron chi connectivity index (χ2n) is 11.3. The predicted octanol–water partition coefficient (Wildman–Crippen LogP) is 8.63. The van der Waals surface area contributed by atoms with Gasteiger partial charge in [-0.3, -0.25) is 4.79 Å². The van der Waals surface area contributed by atoms with E-state index in [4.69, 9.17) is 0 Å². The Morgan fingerprint density at radius 2 is 1.24 bits per heavy atom. The third-order valence-electron chi connectivity index (χ3n) is 7.24. The van der Waals surface area contributed by atoms with Crippen LogP contribution >= 0.6 is 0 Å². The van der Waals surface area contributed by atoms with Crippen molar-refractivity contribution in [2.75, 3.05) is 11.9 Å². The molecular formula is C31H50N2O3SSi. The van der Waals surface area contributed by atoms with E-state index in [9.17, 15) is 13.2 Å². The molecule has 0 saturated carbocycles. The average Bonchev–Trinajstić information content (AvgIpc) is 2.90. The van der Waals surface area contributed by atoms with E-state index in [1.807, 2.05) is 12.1 Å². The Labute approximate surface area is 233 Å². The maximum atomic E-state index is 12.4. The Hall–Kier alpha value is -2.12. The molecule has 2 aromatic rings. The first-order valence-electron chi connectivity index (χ1n) is 14.7. The Bertz CT molecular complexity index is 1020. The summed E-state index contributed by atoms with van der Waals surface area (Å²) in [7, 11) is -4.81. The van der Waals surface area contributed by atoms with Gasteiger partial charge in [-0.25, -0.2) is 13.1 Å². The Morgan fingerprint density at radius 3 is 1.82 bits per heavy atom. The molecule has 0 saturated heterocycles. The molecule has 0 spiro atoms. The number of hydrogen-bond acceptors (Lipinski definition) is 4. The lowest BCUT2D eigenvalue weighted by Crippen LogP contribution is -2.30. The molecule has 0 aromatic heterocycles. The third-order valence-corrected chi connectivity index (χ3v) is 12.0. The SMILES string of the molecule is CCCCC[Si](C)(C)CCCCCCCCCCCNc1ccc(C(=O)NS(=O)(=O)c2ccccc2)cc1. The predicted molar refractivity (Wildman–Crippen MR) is 164 cm³/mol. The lowest BCUT2D eigenvalue weighted by atomic mass is 10.1. The minimum atomic E-state index is -3.87. The first-order chi connectivity index (χ1) is 18.2. The van der Waals surface area contributed by atoms with E-state index >= 15 is 0 Å². The number of rotatable bonds is 20. The number of sulfonamides is 1. The zero-order chi connectivity index (χ0) is 27.7. The van der Waals surface area contributed by atoms with E-state index in [0.29, 0.717) is 5.56 Å². The fraction of sp³-hybridized carbons (Fsp3) is 0.581. The quantitative estimate of drug-likeness (QED) is 0.126. The highest BCUT2D eigenvalue weighted by molar-refractivity contribution is 7.90. The van der Waals surface area contributed by atoms with Crippen LogP contribution in [0.4, 0.5) is 5.69 Å². The van der Waals surface area contributed by atoms with Crippen molar-refractivity contribution in [3.8, 4) is 0 Å². The number of carbonyl (C=O) groups excluding carboxylic acids is 1. The standard InChI is InChI=1S/C31H50N2O3SSi/c1-4-5-17-26-38(2,3)27-18-12-10-8-6-7-9-11-16-25-32-29-23-21-28(22-24-29)31(34)33-37(35,36)30-19-14-13-15-20-30/h13-15,19-24,32H,4-12,16-18,25-27H2,1-3H3,(H,33,34). The van der Waals surface area contributed by atoms with E-state index in [-0.39, 0.29) is 4.90 Å². The summed E-state index contributed by atoms with van der Waals surface area (Å²) in [5.74, 6) is -0.631. The number of hydrogen-bond donors (Lipinski definition) is 2. The Morgan fingerprint density at radius 1 is 0.711 bits per heavy atom. The zero-order valence-corrected chi connectivity index (χ0v) is 25.8. The van der Waals surface area contributed by atoms with Gasteiger partial charge in [0.05, 0.1) is 4.90 Å². The van der Waals surface area contributed by atoms with Crippen molar-refractivity contribution in [2.45, 2.75) is 114 Å². The normalized spacial score (nSPS) is 11.9. The summed E-state index contributed by atoms with van der Waals surface area (Å²) in [5, 5.41) is 3.39. The van der Waals surface area contributed by atoms with Gasteiger partial charge in [0.2, 0.25) is 0 Å². The van der Waals surface area contributed by atoms with E-state index < -0.39 is 24.0 Å². The maximum absolute atomic E-state index is 12.4. The summed E-state index contributed by atoms with van der Waals surface area (Å²) in [6.45, 7) is 8.34. The van der Waals surface area contributed by atoms with E-state index in [2.05, 4.69) is 30.1 Å². The molecule has 0 unspecified atom stereocenters. The van der Waals surface area contributed by atoms with Gasteiger partial charge in [0.25, 0.3) is 15.9 Å². The van der Waals surface area contributed by atoms with Crippen LogP contribution in [0.1, 0.15) is 94.3 Å². The largest absolute Gasteiger partial charge is 0.385 e. The lowest BCUT2D eigenvalue weighted by molar-refractivity contribution is 0.0981. The number of unbranched alkanes of at least 4 members (excludes halogenated alkanes) is 10. The van der Waals surface area contributed by atoms with Crippen LogP contribution in [0.5, 0.6) is 0 Å². The monoisotopic (exact) mass is 558 g/mol. The number of anilines is 1. The fourth-order valence-corrected chi connectivity index (χ4v) is 8.42. The van der Waals surface area contributed by atoms with Crippen molar-refractivity contribution in [3.63, 3.8) is 0 Å². The molecule has 5 nitrogen and oxygen atoms in total. The number of carbonyl (C=O) groups is 1. The van der Waals surface area contributed by atoms with Crippen molar-refractivity contribution in [1.29, 1.82) is 0 Å². The molecule has 0 aliphatic rings. The minimum absolute atomic E-state index is 0.0700. The van der Waals surface area contributed by atoms with Gasteiger partial charge in [-0.15, -0.1) is 0 Å². The van der Waals surface area contributed by atoms with Crippen molar-refractivity contribution >= 4 is 29.7 Å². The van der Waals surface area contributed by atoms with Crippen LogP contribution in [0.15, 0.2) is 59.5 Å². The highest BCUT2D eigenvalue weighted by Gasteiger charge is 2.19. The molecule has 0 heterocycles. The molecule has 1 amide bonds. The molecular weight excluding hydrogens is 509 g/mol. The van der Waals surface area contributed by atoms with Crippen molar-refractivity contribution in [3.05, 3.63) is 60.2 Å². The van der Waals surface area contributed by atoms with Gasteiger partial charge in [0, 0.05) is 25.9 Å². The average molecular weight is 559 g/mol. The van der Waals surface area contributed by atoms with Gasteiger partial charge in [-0.1, -0.05) is 121 Å². The third kappa shape index (κ3) is 13.1. The summed E-state index contributed by atoms with van der Waals surface area (Å²) in [5.41, 5.74) is 1.25. The number of benzene rings is 2. The molecule has 7 heteroatoms. The van der Waals surface area contributed by atoms with Crippen LogP contribution in [0.2, 0.25) is 25.2 Å². The van der Waals surface area contributed by atoms with Gasteiger partial charge in [-0.05, 0) is 42.8 Å². The number of nitrogens with one attached hydrogen (secondary N) is 2. The Kier molecular flexibility index (Phi) is 14.7. The van der Waals surface area contributed by atoms with Crippen molar-refractivity contribution in [2.24, 2.45) is 0 Å². The first-order valence-corrected chi connectivity index (χ1v) is 19.6. The van der Waals surface area contributed by atoms with Gasteiger partial charge in [0.1, 0.15) is 0 Å². The van der Waals surface area contributed by atoms with Gasteiger partial charge in [0.15, 0.2) is 0 Å². The molecule has 2 aromatic carbocycles. The highest BCUT2D eigenvalue weighted by Crippen LogP contribution is 2.23. The van der Waals surface area contributed by atoms with Crippen LogP contribution in [0.3, 0.4) is 0 Å². The van der Waals surface area contributed by atoms with Crippen molar-refractivity contribution in [1.82, 2.24) is 4.72 Å². The molecule has 0 aliphatic heterocycles. The highest BCUT2D eigenvalue weighted by atomic mass is 32.2. The molecule has 0 fully saturated rings. The lowest BCUT2D eigenvalue weighted by Gasteiger charge is -2.22. The molecule has 2 rings (SSSR count). The molecule has 0 aliphatic carbocycles. The molecule has 0 atom stereocenters. The van der Waals surface area contributed by atoms with Gasteiger partial charge in [-0.2, -0.15) is 0 Å². The smallest absolute Gasteiger partial charge is 0.264 e. The summed E-state index contributed by atoms with van der Waals surface area (Å²) < 4.78 is 26.8. The van der Waals surface area contributed by atoms with E-state index in [0.717, 1.165) is 18.7 Å². The van der Waals surface area contributed by atoms with Gasteiger partial charge >= 0.3 is 0 Å². The molecule has 2 N–H and O–H groups in total. The van der Waals surface area contributed by atoms with Crippen molar-refractivity contribution < 1.29 is 13.2 Å². The zero-order valence-electron chi connectivity index (χ0n) is 23.9. The van der Waals surface area contributed by atoms with Crippen LogP contribution in [-0.2, 0) is 10.0 Å². The van der Waals surface area contributed by atoms with E-state index in [1.54, 1.807) is 30.3 Å². The Balaban J connectivity index is 1.50. The summed E-state index contributed by atoms with van der Waals surface area (Å²) in [6, 6.07) is 17.9. The first kappa shape index (κ1) is 32.1. The van der Waals surface area contributed by atoms with Crippen LogP contribution in [-0.4, -0.2) is 28.9 Å². The maximum Gasteiger partial charge on any atom is 0.264 e. The minimum Gasteiger partial charge on any atom is -0.385 e. The fourth-order valence-electron chi connectivity index (χ4n) is 4.76. The molecule has 212 valence electrons. The number of amides is 1. The second kappa shape index (κ2) is 17.5. The van der Waals surface area contributed by atoms with E-state index in [1.165, 1.54) is 94.8 Å². The molecule has 0 radical (unpaired) electrons. The summed E-state index contributed by atoms with van der Waals surface area (Å²) in [4.78, 5) is 12.4. The van der Waals surface area contributed by atoms with Crippen LogP contribution < -0.4 is 10.0 Å². The molecule has 38 heavy (non-hydrogen) atoms. The van der Waals surface area contributed by atoms with Crippen LogP contribution in [0.25, 0.3) is 0 Å².